The second kappa shape index (κ2) is 14.3. The zero-order valence-corrected chi connectivity index (χ0v) is 27.5. The maximum Gasteiger partial charge on any atom is 0.306 e. The Hall–Kier alpha value is -3.88. The summed E-state index contributed by atoms with van der Waals surface area (Å²) < 4.78 is 10.3. The highest BCUT2D eigenvalue weighted by Gasteiger charge is 2.51. The number of nitrogens with zero attached hydrogens (tertiary/aromatic N) is 2. The van der Waals surface area contributed by atoms with Crippen LogP contribution in [0.25, 0.3) is 0 Å². The van der Waals surface area contributed by atoms with Crippen LogP contribution < -0.4 is 9.47 Å². The number of aliphatic carboxylic acids is 1. The fraction of sp³-hybridized carbons (Fsp3) is 0.568. The number of hydrogen-bond donors (Lipinski definition) is 1. The first kappa shape index (κ1) is 33.5. The summed E-state index contributed by atoms with van der Waals surface area (Å²) in [4.78, 5) is 52.7. The molecule has 0 aromatic heterocycles. The van der Waals surface area contributed by atoms with Crippen molar-refractivity contribution in [3.8, 4) is 11.5 Å². The summed E-state index contributed by atoms with van der Waals surface area (Å²) in [5, 5.41) is 9.28. The lowest BCUT2D eigenvalue weighted by atomic mass is 9.68. The first-order valence-corrected chi connectivity index (χ1v) is 16.7. The number of benzene rings is 2. The quantitative estimate of drug-likeness (QED) is 0.387. The van der Waals surface area contributed by atoms with Crippen LogP contribution in [0.4, 0.5) is 0 Å². The number of amides is 2. The molecule has 2 amide bonds. The molecule has 6 rings (SSSR count). The van der Waals surface area contributed by atoms with E-state index in [1.165, 1.54) is 0 Å². The van der Waals surface area contributed by atoms with Crippen molar-refractivity contribution in [2.24, 2.45) is 22.7 Å². The van der Waals surface area contributed by atoms with Crippen LogP contribution in [0, 0.1) is 22.7 Å². The van der Waals surface area contributed by atoms with Crippen molar-refractivity contribution in [1.29, 1.82) is 0 Å². The lowest BCUT2D eigenvalue weighted by Crippen LogP contribution is -2.39. The molecule has 2 heterocycles. The third kappa shape index (κ3) is 7.24. The van der Waals surface area contributed by atoms with E-state index >= 15 is 0 Å². The lowest BCUT2D eigenvalue weighted by molar-refractivity contribution is -0.147. The van der Waals surface area contributed by atoms with Crippen molar-refractivity contribution in [2.45, 2.75) is 84.2 Å². The van der Waals surface area contributed by atoms with Gasteiger partial charge in [0, 0.05) is 32.1 Å². The molecular formula is C37H48N2O7. The van der Waals surface area contributed by atoms with Gasteiger partial charge in [0.25, 0.3) is 0 Å². The molecule has 0 bridgehead atoms. The zero-order chi connectivity index (χ0) is 32.9. The Morgan fingerprint density at radius 2 is 1.13 bits per heavy atom. The van der Waals surface area contributed by atoms with Crippen LogP contribution in [0.3, 0.4) is 0 Å². The summed E-state index contributed by atoms with van der Waals surface area (Å²) in [6.07, 6.45) is 8.17. The molecule has 2 saturated carbocycles. The van der Waals surface area contributed by atoms with Crippen molar-refractivity contribution < 1.29 is 33.8 Å². The Balaban J connectivity index is 0.000000181. The van der Waals surface area contributed by atoms with Gasteiger partial charge in [-0.3, -0.25) is 19.2 Å². The van der Waals surface area contributed by atoms with Crippen molar-refractivity contribution in [2.75, 3.05) is 27.3 Å². The summed E-state index contributed by atoms with van der Waals surface area (Å²) in [6, 6.07) is 15.6. The number of ketones is 1. The van der Waals surface area contributed by atoms with Gasteiger partial charge in [-0.2, -0.15) is 0 Å². The number of rotatable bonds is 8. The maximum absolute atomic E-state index is 13.0. The molecule has 248 valence electrons. The van der Waals surface area contributed by atoms with E-state index in [0.717, 1.165) is 87.1 Å². The highest BCUT2D eigenvalue weighted by molar-refractivity contribution is 5.87. The number of Topliss-reactive ketones (excluding diaryl/α,β-unsaturated/α-hetero) is 1. The molecule has 1 N–H and O–H groups in total. The molecule has 0 unspecified atom stereocenters. The van der Waals surface area contributed by atoms with Gasteiger partial charge in [-0.15, -0.1) is 0 Å². The van der Waals surface area contributed by atoms with Crippen molar-refractivity contribution >= 4 is 23.6 Å². The molecule has 2 aliphatic carbocycles. The Morgan fingerprint density at radius 3 is 1.52 bits per heavy atom. The Morgan fingerprint density at radius 1 is 0.717 bits per heavy atom. The molecule has 2 aromatic rings. The minimum absolute atomic E-state index is 0.0774. The number of carboxylic acid groups (broad SMARTS) is 1. The predicted molar refractivity (Wildman–Crippen MR) is 173 cm³/mol. The number of carboxylic acids is 1. The third-order valence-corrected chi connectivity index (χ3v) is 10.9. The topological polar surface area (TPSA) is 113 Å². The average Bonchev–Trinajstić information content (AvgIpc) is 3.52. The van der Waals surface area contributed by atoms with Gasteiger partial charge in [0.15, 0.2) is 0 Å². The van der Waals surface area contributed by atoms with Crippen molar-refractivity contribution in [3.05, 3.63) is 59.7 Å². The summed E-state index contributed by atoms with van der Waals surface area (Å²) >= 11 is 0. The van der Waals surface area contributed by atoms with Gasteiger partial charge in [-0.05, 0) is 93.7 Å². The fourth-order valence-corrected chi connectivity index (χ4v) is 8.12. The van der Waals surface area contributed by atoms with Crippen LogP contribution in [-0.4, -0.2) is 65.8 Å². The highest BCUT2D eigenvalue weighted by Crippen LogP contribution is 2.48. The van der Waals surface area contributed by atoms with E-state index in [1.54, 1.807) is 21.1 Å². The van der Waals surface area contributed by atoms with Gasteiger partial charge >= 0.3 is 5.97 Å². The number of carbonyl (C=O) groups excluding carboxylic acids is 3. The van der Waals surface area contributed by atoms with E-state index in [2.05, 4.69) is 0 Å². The molecule has 2 aromatic carbocycles. The third-order valence-electron chi connectivity index (χ3n) is 10.9. The van der Waals surface area contributed by atoms with E-state index in [1.807, 2.05) is 58.3 Å². The Kier molecular flexibility index (Phi) is 10.4. The van der Waals surface area contributed by atoms with Gasteiger partial charge in [0.1, 0.15) is 17.3 Å². The van der Waals surface area contributed by atoms with E-state index in [9.17, 15) is 24.3 Å². The van der Waals surface area contributed by atoms with Crippen LogP contribution in [0.2, 0.25) is 0 Å². The molecule has 46 heavy (non-hydrogen) atoms. The first-order chi connectivity index (χ1) is 22.1. The van der Waals surface area contributed by atoms with Crippen LogP contribution in [0.5, 0.6) is 11.5 Å². The van der Waals surface area contributed by atoms with E-state index in [4.69, 9.17) is 9.47 Å². The van der Waals surface area contributed by atoms with Crippen LogP contribution >= 0.6 is 0 Å². The molecule has 0 radical (unpaired) electrons. The molecule has 9 heteroatoms. The summed E-state index contributed by atoms with van der Waals surface area (Å²) in [5.41, 5.74) is 1.48. The van der Waals surface area contributed by atoms with Gasteiger partial charge < -0.3 is 24.4 Å². The zero-order valence-electron chi connectivity index (χ0n) is 27.5. The largest absolute Gasteiger partial charge is 0.497 e. The smallest absolute Gasteiger partial charge is 0.306 e. The molecule has 2 saturated heterocycles. The molecular weight excluding hydrogens is 584 g/mol. The molecule has 4 fully saturated rings. The number of hydrogen-bond acceptors (Lipinski definition) is 6. The SMILES string of the molecule is COc1ccc(CN2CC[C@]3(CCC[C@H](C(=O)O)C3)C2=O)cc1.COc1ccc(CN2CC[C@]3(CCC[C@H](C(C)=O)C3)C2=O)cc1. The molecule has 4 aliphatic rings. The maximum atomic E-state index is 13.0. The molecule has 4 atom stereocenters. The number of likely N-dealkylation sites (tertiary alicyclic amines) is 2. The minimum atomic E-state index is -0.759. The second-order valence-corrected chi connectivity index (χ2v) is 13.7. The Bertz CT molecular complexity index is 1300. The highest BCUT2D eigenvalue weighted by atomic mass is 16.5. The summed E-state index contributed by atoms with van der Waals surface area (Å²) in [7, 11) is 3.28. The molecule has 2 spiro atoms. The van der Waals surface area contributed by atoms with Gasteiger partial charge in [-0.25, -0.2) is 0 Å². The van der Waals surface area contributed by atoms with E-state index in [0.29, 0.717) is 25.9 Å². The fourth-order valence-electron chi connectivity index (χ4n) is 8.12. The second-order valence-electron chi connectivity index (χ2n) is 13.7. The van der Waals surface area contributed by atoms with Gasteiger partial charge in [-0.1, -0.05) is 37.1 Å². The summed E-state index contributed by atoms with van der Waals surface area (Å²) in [5.74, 6) is 1.21. The van der Waals surface area contributed by atoms with Crippen LogP contribution in [-0.2, 0) is 32.3 Å². The molecule has 2 aliphatic heterocycles. The normalized spacial score (nSPS) is 27.5. The van der Waals surface area contributed by atoms with Crippen LogP contribution in [0.1, 0.15) is 82.3 Å². The van der Waals surface area contributed by atoms with E-state index < -0.39 is 11.4 Å². The first-order valence-electron chi connectivity index (χ1n) is 16.7. The van der Waals surface area contributed by atoms with Gasteiger partial charge in [0.2, 0.25) is 11.8 Å². The number of carbonyl (C=O) groups is 4. The lowest BCUT2D eigenvalue weighted by Gasteiger charge is -2.35. The van der Waals surface area contributed by atoms with Crippen molar-refractivity contribution in [1.82, 2.24) is 9.80 Å². The minimum Gasteiger partial charge on any atom is -0.497 e. The van der Waals surface area contributed by atoms with Crippen LogP contribution in [0.15, 0.2) is 48.5 Å². The number of methoxy groups -OCH3 is 2. The van der Waals surface area contributed by atoms with E-state index in [-0.39, 0.29) is 34.8 Å². The monoisotopic (exact) mass is 632 g/mol. The van der Waals surface area contributed by atoms with Gasteiger partial charge in [0.05, 0.1) is 31.0 Å². The van der Waals surface area contributed by atoms with Crippen molar-refractivity contribution in [3.63, 3.8) is 0 Å². The predicted octanol–water partition coefficient (Wildman–Crippen LogP) is 5.88. The average molecular weight is 633 g/mol. The number of ether oxygens (including phenoxy) is 2. The molecule has 9 nitrogen and oxygen atoms in total. The standard InChI is InChI=1S/C19H25NO3.C18H23NO4/c1-14(21)16-4-3-9-19(12-16)10-11-20(18(19)22)13-15-5-7-17(23-2)8-6-15;1-23-15-6-4-13(5-7-15)12-19-10-9-18(17(19)22)8-2-3-14(11-18)16(20)21/h5-8,16H,3-4,9-13H2,1-2H3;4-7,14H,2-3,8-12H2,1H3,(H,20,21)/t16-,19-;14-,18-/m00/s1. The Labute approximate surface area is 272 Å². The summed E-state index contributed by atoms with van der Waals surface area (Å²) in [6.45, 7) is 4.42.